The Morgan fingerprint density at radius 2 is 2.00 bits per heavy atom. The number of aryl methyl sites for hydroxylation is 1. The van der Waals surface area contributed by atoms with Crippen LogP contribution >= 0.6 is 15.9 Å². The Balaban J connectivity index is 2.45. The van der Waals surface area contributed by atoms with E-state index in [9.17, 15) is 4.39 Å². The molecule has 2 rings (SSSR count). The van der Waals surface area contributed by atoms with Crippen LogP contribution in [0, 0.1) is 12.9 Å². The van der Waals surface area contributed by atoms with Crippen molar-refractivity contribution in [2.75, 3.05) is 0 Å². The Hall–Kier alpha value is -1.29. The highest BCUT2D eigenvalue weighted by Crippen LogP contribution is 2.21. The molecule has 0 amide bonds. The van der Waals surface area contributed by atoms with Crippen molar-refractivity contribution in [1.29, 1.82) is 0 Å². The van der Waals surface area contributed by atoms with Crippen LogP contribution in [0.4, 0.5) is 4.39 Å². The van der Waals surface area contributed by atoms with Crippen molar-refractivity contribution in [3.8, 4) is 11.3 Å². The fraction of sp³-hybridized carbons (Fsp3) is 0.0909. The Kier molecular flexibility index (Phi) is 2.77. The molecular weight excluding hydrogens is 259 g/mol. The first-order valence-electron chi connectivity index (χ1n) is 4.41. The first-order chi connectivity index (χ1) is 7.16. The SMILES string of the molecule is Cc1cc(-c2ccc(F)nc2)ncc1Br. The number of pyridine rings is 2. The second-order valence-corrected chi connectivity index (χ2v) is 4.04. The van der Waals surface area contributed by atoms with Gasteiger partial charge in [0.15, 0.2) is 0 Å². The monoisotopic (exact) mass is 266 g/mol. The van der Waals surface area contributed by atoms with Crippen LogP contribution in [0.25, 0.3) is 11.3 Å². The maximum Gasteiger partial charge on any atom is 0.212 e. The van der Waals surface area contributed by atoms with E-state index in [0.717, 1.165) is 21.3 Å². The number of aromatic nitrogens is 2. The second kappa shape index (κ2) is 4.06. The number of hydrogen-bond donors (Lipinski definition) is 0. The Labute approximate surface area is 95.3 Å². The smallest absolute Gasteiger partial charge is 0.212 e. The topological polar surface area (TPSA) is 25.8 Å². The van der Waals surface area contributed by atoms with Crippen LogP contribution in [0.15, 0.2) is 35.1 Å². The van der Waals surface area contributed by atoms with Gasteiger partial charge in [-0.05, 0) is 46.6 Å². The molecular formula is C11H8BrFN2. The molecule has 2 aromatic rings. The normalized spacial score (nSPS) is 10.3. The van der Waals surface area contributed by atoms with E-state index < -0.39 is 5.95 Å². The predicted molar refractivity (Wildman–Crippen MR) is 59.9 cm³/mol. The largest absolute Gasteiger partial charge is 0.255 e. The highest BCUT2D eigenvalue weighted by molar-refractivity contribution is 9.10. The average molecular weight is 267 g/mol. The Bertz CT molecular complexity index is 482. The fourth-order valence-corrected chi connectivity index (χ4v) is 1.44. The lowest BCUT2D eigenvalue weighted by molar-refractivity contribution is 0.584. The summed E-state index contributed by atoms with van der Waals surface area (Å²) in [6.45, 7) is 1.98. The zero-order valence-corrected chi connectivity index (χ0v) is 9.62. The zero-order chi connectivity index (χ0) is 10.8. The van der Waals surface area contributed by atoms with Crippen molar-refractivity contribution in [3.05, 3.63) is 46.6 Å². The Morgan fingerprint density at radius 3 is 2.60 bits per heavy atom. The minimum atomic E-state index is -0.479. The van der Waals surface area contributed by atoms with Crippen LogP contribution < -0.4 is 0 Å². The Morgan fingerprint density at radius 1 is 1.20 bits per heavy atom. The summed E-state index contributed by atoms with van der Waals surface area (Å²) in [4.78, 5) is 7.82. The standard InChI is InChI=1S/C11H8BrFN2/c1-7-4-10(14-6-9(7)12)8-2-3-11(13)15-5-8/h2-6H,1H3. The molecule has 0 aliphatic rings. The maximum absolute atomic E-state index is 12.6. The highest BCUT2D eigenvalue weighted by Gasteiger charge is 2.02. The van der Waals surface area contributed by atoms with Gasteiger partial charge in [0.05, 0.1) is 5.69 Å². The molecule has 2 aromatic heterocycles. The van der Waals surface area contributed by atoms with Crippen LogP contribution in [0.1, 0.15) is 5.56 Å². The summed E-state index contributed by atoms with van der Waals surface area (Å²) < 4.78 is 13.6. The number of halogens is 2. The van der Waals surface area contributed by atoms with Gasteiger partial charge in [0.25, 0.3) is 0 Å². The second-order valence-electron chi connectivity index (χ2n) is 3.19. The van der Waals surface area contributed by atoms with Crippen LogP contribution in [-0.2, 0) is 0 Å². The molecule has 0 saturated carbocycles. The van der Waals surface area contributed by atoms with Crippen LogP contribution in [0.2, 0.25) is 0 Å². The molecule has 4 heteroatoms. The van der Waals surface area contributed by atoms with Gasteiger partial charge >= 0.3 is 0 Å². The van der Waals surface area contributed by atoms with Gasteiger partial charge in [-0.3, -0.25) is 4.98 Å². The third-order valence-electron chi connectivity index (χ3n) is 2.07. The van der Waals surface area contributed by atoms with Gasteiger partial charge in [0, 0.05) is 22.4 Å². The third-order valence-corrected chi connectivity index (χ3v) is 2.90. The zero-order valence-electron chi connectivity index (χ0n) is 8.04. The summed E-state index contributed by atoms with van der Waals surface area (Å²) in [5.74, 6) is -0.479. The fourth-order valence-electron chi connectivity index (χ4n) is 1.22. The third kappa shape index (κ3) is 2.21. The van der Waals surface area contributed by atoms with Gasteiger partial charge in [0.2, 0.25) is 5.95 Å². The van der Waals surface area contributed by atoms with Crippen LogP contribution in [0.3, 0.4) is 0 Å². The van der Waals surface area contributed by atoms with E-state index in [1.807, 2.05) is 13.0 Å². The molecule has 0 radical (unpaired) electrons. The summed E-state index contributed by atoms with van der Waals surface area (Å²) in [5.41, 5.74) is 2.69. The molecule has 0 fully saturated rings. The molecule has 0 spiro atoms. The predicted octanol–water partition coefficient (Wildman–Crippen LogP) is 3.35. The van der Waals surface area contributed by atoms with E-state index in [4.69, 9.17) is 0 Å². The van der Waals surface area contributed by atoms with Crippen molar-refractivity contribution >= 4 is 15.9 Å². The lowest BCUT2D eigenvalue weighted by Crippen LogP contribution is -1.88. The molecule has 76 valence electrons. The van der Waals surface area contributed by atoms with E-state index in [-0.39, 0.29) is 0 Å². The summed E-state index contributed by atoms with van der Waals surface area (Å²) in [6, 6.07) is 4.92. The van der Waals surface area contributed by atoms with Gasteiger partial charge < -0.3 is 0 Å². The van der Waals surface area contributed by atoms with Gasteiger partial charge in [-0.2, -0.15) is 4.39 Å². The highest BCUT2D eigenvalue weighted by atomic mass is 79.9. The average Bonchev–Trinajstić information content (AvgIpc) is 2.23. The van der Waals surface area contributed by atoms with Crippen molar-refractivity contribution in [2.45, 2.75) is 6.92 Å². The molecule has 0 saturated heterocycles. The first kappa shape index (κ1) is 10.2. The molecule has 0 unspecified atom stereocenters. The number of hydrogen-bond acceptors (Lipinski definition) is 2. The molecule has 2 heterocycles. The summed E-state index contributed by atoms with van der Waals surface area (Å²) in [7, 11) is 0. The van der Waals surface area contributed by atoms with E-state index in [1.165, 1.54) is 12.3 Å². The molecule has 2 nitrogen and oxygen atoms in total. The van der Waals surface area contributed by atoms with Gasteiger partial charge in [0.1, 0.15) is 0 Å². The number of nitrogens with zero attached hydrogens (tertiary/aromatic N) is 2. The summed E-state index contributed by atoms with van der Waals surface area (Å²) in [5, 5.41) is 0. The van der Waals surface area contributed by atoms with E-state index in [1.54, 1.807) is 12.3 Å². The molecule has 0 atom stereocenters. The summed E-state index contributed by atoms with van der Waals surface area (Å²) >= 11 is 3.38. The minimum Gasteiger partial charge on any atom is -0.255 e. The lowest BCUT2D eigenvalue weighted by atomic mass is 10.1. The van der Waals surface area contributed by atoms with Crippen LogP contribution in [0.5, 0.6) is 0 Å². The lowest BCUT2D eigenvalue weighted by Gasteiger charge is -2.02. The van der Waals surface area contributed by atoms with Crippen molar-refractivity contribution in [1.82, 2.24) is 9.97 Å². The van der Waals surface area contributed by atoms with Gasteiger partial charge in [-0.1, -0.05) is 0 Å². The summed E-state index contributed by atoms with van der Waals surface area (Å²) in [6.07, 6.45) is 3.21. The van der Waals surface area contributed by atoms with Crippen LogP contribution in [-0.4, -0.2) is 9.97 Å². The molecule has 0 aromatic carbocycles. The van der Waals surface area contributed by atoms with Gasteiger partial charge in [-0.25, -0.2) is 4.98 Å². The van der Waals surface area contributed by atoms with E-state index in [2.05, 4.69) is 25.9 Å². The molecule has 0 bridgehead atoms. The molecule has 0 N–H and O–H groups in total. The molecule has 0 aliphatic carbocycles. The van der Waals surface area contributed by atoms with Crippen molar-refractivity contribution in [3.63, 3.8) is 0 Å². The molecule has 0 aliphatic heterocycles. The van der Waals surface area contributed by atoms with E-state index >= 15 is 0 Å². The molecule has 15 heavy (non-hydrogen) atoms. The minimum absolute atomic E-state index is 0.479. The number of rotatable bonds is 1. The first-order valence-corrected chi connectivity index (χ1v) is 5.20. The van der Waals surface area contributed by atoms with Crippen molar-refractivity contribution in [2.24, 2.45) is 0 Å². The quantitative estimate of drug-likeness (QED) is 0.740. The van der Waals surface area contributed by atoms with E-state index in [0.29, 0.717) is 0 Å². The van der Waals surface area contributed by atoms with Gasteiger partial charge in [-0.15, -0.1) is 0 Å². The maximum atomic E-state index is 12.6. The van der Waals surface area contributed by atoms with Crippen molar-refractivity contribution < 1.29 is 4.39 Å².